The summed E-state index contributed by atoms with van der Waals surface area (Å²) < 4.78 is 7.19. The molecule has 2 atom stereocenters. The molecule has 8 heteroatoms. The fraction of sp³-hybridized carbons (Fsp3) is 0.571. The Labute approximate surface area is 178 Å². The van der Waals surface area contributed by atoms with Gasteiger partial charge in [0.15, 0.2) is 5.16 Å². The van der Waals surface area contributed by atoms with E-state index < -0.39 is 0 Å². The van der Waals surface area contributed by atoms with E-state index in [1.807, 2.05) is 0 Å². The van der Waals surface area contributed by atoms with Gasteiger partial charge in [0, 0.05) is 24.6 Å². The van der Waals surface area contributed by atoms with Crippen molar-refractivity contribution in [2.75, 3.05) is 18.9 Å². The molecule has 6 nitrogen and oxygen atoms in total. The minimum atomic E-state index is -0.0655. The van der Waals surface area contributed by atoms with Gasteiger partial charge in [0.2, 0.25) is 5.91 Å². The standard InChI is InChI=1S/C21H27N3O3S2/c1-3-8-24-20(26)18-15-7-6-13(2)10-16(15)29-19(18)23-21(24)28-12-17(25)22-11-14-5-4-9-27-14/h3,13-14H,1,4-12H2,2H3,(H,22,25)/t13-,14+/m1/s1. The van der Waals surface area contributed by atoms with Crippen LogP contribution in [0.25, 0.3) is 10.2 Å². The number of aromatic nitrogens is 2. The van der Waals surface area contributed by atoms with Crippen LogP contribution in [0.1, 0.15) is 36.6 Å². The highest BCUT2D eigenvalue weighted by atomic mass is 32.2. The number of thioether (sulfide) groups is 1. The molecule has 0 aromatic carbocycles. The average molecular weight is 434 g/mol. The molecule has 4 rings (SSSR count). The topological polar surface area (TPSA) is 73.2 Å². The van der Waals surface area contributed by atoms with Crippen molar-refractivity contribution in [3.63, 3.8) is 0 Å². The maximum Gasteiger partial charge on any atom is 0.263 e. The first-order chi connectivity index (χ1) is 14.1. The van der Waals surface area contributed by atoms with E-state index in [4.69, 9.17) is 9.72 Å². The smallest absolute Gasteiger partial charge is 0.263 e. The summed E-state index contributed by atoms with van der Waals surface area (Å²) in [5, 5.41) is 4.28. The van der Waals surface area contributed by atoms with Gasteiger partial charge in [-0.1, -0.05) is 24.8 Å². The van der Waals surface area contributed by atoms with Crippen molar-refractivity contribution >= 4 is 39.2 Å². The molecule has 1 fully saturated rings. The van der Waals surface area contributed by atoms with Crippen LogP contribution in [-0.4, -0.2) is 40.5 Å². The number of amides is 1. The largest absolute Gasteiger partial charge is 0.376 e. The zero-order valence-corrected chi connectivity index (χ0v) is 18.4. The Hall–Kier alpha value is -1.64. The molecule has 2 aromatic rings. The van der Waals surface area contributed by atoms with Crippen LogP contribution < -0.4 is 10.9 Å². The van der Waals surface area contributed by atoms with E-state index >= 15 is 0 Å². The molecule has 2 aliphatic rings. The lowest BCUT2D eigenvalue weighted by Crippen LogP contribution is -2.33. The van der Waals surface area contributed by atoms with E-state index in [1.165, 1.54) is 22.2 Å². The van der Waals surface area contributed by atoms with Crippen LogP contribution in [0.5, 0.6) is 0 Å². The molecule has 0 radical (unpaired) electrons. The lowest BCUT2D eigenvalue weighted by atomic mass is 9.89. The van der Waals surface area contributed by atoms with Gasteiger partial charge in [0.05, 0.1) is 17.2 Å². The molecule has 2 aromatic heterocycles. The van der Waals surface area contributed by atoms with E-state index in [2.05, 4.69) is 18.8 Å². The molecule has 1 saturated heterocycles. The zero-order valence-electron chi connectivity index (χ0n) is 16.7. The van der Waals surface area contributed by atoms with Gasteiger partial charge in [-0.15, -0.1) is 17.9 Å². The first-order valence-corrected chi connectivity index (χ1v) is 12.0. The van der Waals surface area contributed by atoms with Crippen LogP contribution in [0, 0.1) is 5.92 Å². The highest BCUT2D eigenvalue weighted by molar-refractivity contribution is 7.99. The number of rotatable bonds is 7. The van der Waals surface area contributed by atoms with Gasteiger partial charge in [-0.25, -0.2) is 4.98 Å². The molecule has 29 heavy (non-hydrogen) atoms. The zero-order chi connectivity index (χ0) is 20.4. The summed E-state index contributed by atoms with van der Waals surface area (Å²) in [6, 6.07) is 0. The molecular formula is C21H27N3O3S2. The van der Waals surface area contributed by atoms with Crippen LogP contribution in [0.3, 0.4) is 0 Å². The van der Waals surface area contributed by atoms with E-state index in [-0.39, 0.29) is 23.3 Å². The Balaban J connectivity index is 1.54. The van der Waals surface area contributed by atoms with Crippen molar-refractivity contribution in [3.05, 3.63) is 33.4 Å². The van der Waals surface area contributed by atoms with E-state index in [0.29, 0.717) is 24.2 Å². The summed E-state index contributed by atoms with van der Waals surface area (Å²) in [5.74, 6) is 0.806. The first kappa shape index (κ1) is 20.6. The van der Waals surface area contributed by atoms with E-state index in [9.17, 15) is 9.59 Å². The molecule has 1 aliphatic heterocycles. The fourth-order valence-corrected chi connectivity index (χ4v) is 6.28. The van der Waals surface area contributed by atoms with Crippen molar-refractivity contribution < 1.29 is 9.53 Å². The fourth-order valence-electron chi connectivity index (χ4n) is 4.02. The summed E-state index contributed by atoms with van der Waals surface area (Å²) in [6.45, 7) is 7.75. The second-order valence-electron chi connectivity index (χ2n) is 7.86. The SMILES string of the molecule is C=CCn1c(SCC(=O)NC[C@@H]2CCCO2)nc2sc3c(c2c1=O)CC[C@@H](C)C3. The second kappa shape index (κ2) is 9.02. The molecule has 0 bridgehead atoms. The van der Waals surface area contributed by atoms with Gasteiger partial charge < -0.3 is 10.1 Å². The number of nitrogens with one attached hydrogen (secondary N) is 1. The van der Waals surface area contributed by atoms with E-state index in [0.717, 1.165) is 48.9 Å². The Kier molecular flexibility index (Phi) is 6.41. The maximum atomic E-state index is 13.2. The number of thiophene rings is 1. The number of nitrogens with zero attached hydrogens (tertiary/aromatic N) is 2. The summed E-state index contributed by atoms with van der Waals surface area (Å²) >= 11 is 2.95. The van der Waals surface area contributed by atoms with Crippen molar-refractivity contribution in [2.45, 2.75) is 56.8 Å². The van der Waals surface area contributed by atoms with Crippen LogP contribution >= 0.6 is 23.1 Å². The first-order valence-electron chi connectivity index (χ1n) is 10.2. The number of aryl methyl sites for hydroxylation is 1. The van der Waals surface area contributed by atoms with Crippen molar-refractivity contribution in [2.24, 2.45) is 5.92 Å². The number of hydrogen-bond donors (Lipinski definition) is 1. The Morgan fingerprint density at radius 2 is 2.34 bits per heavy atom. The summed E-state index contributed by atoms with van der Waals surface area (Å²) in [5.41, 5.74) is 1.17. The highest BCUT2D eigenvalue weighted by Crippen LogP contribution is 2.36. The Morgan fingerprint density at radius 3 is 3.10 bits per heavy atom. The van der Waals surface area contributed by atoms with Crippen LogP contribution in [0.2, 0.25) is 0 Å². The monoisotopic (exact) mass is 433 g/mol. The second-order valence-corrected chi connectivity index (χ2v) is 9.88. The van der Waals surface area contributed by atoms with Crippen LogP contribution in [0.4, 0.5) is 0 Å². The van der Waals surface area contributed by atoms with Crippen molar-refractivity contribution in [1.29, 1.82) is 0 Å². The third kappa shape index (κ3) is 4.44. The van der Waals surface area contributed by atoms with Crippen molar-refractivity contribution in [1.82, 2.24) is 14.9 Å². The number of hydrogen-bond acceptors (Lipinski definition) is 6. The summed E-state index contributed by atoms with van der Waals surface area (Å²) in [7, 11) is 0. The number of carbonyl (C=O) groups excluding carboxylic acids is 1. The predicted octanol–water partition coefficient (Wildman–Crippen LogP) is 3.16. The van der Waals surface area contributed by atoms with Crippen LogP contribution in [0.15, 0.2) is 22.6 Å². The third-order valence-electron chi connectivity index (χ3n) is 5.58. The highest BCUT2D eigenvalue weighted by Gasteiger charge is 2.25. The predicted molar refractivity (Wildman–Crippen MR) is 118 cm³/mol. The van der Waals surface area contributed by atoms with Gasteiger partial charge >= 0.3 is 0 Å². The average Bonchev–Trinajstić information content (AvgIpc) is 3.34. The molecule has 1 N–H and O–H groups in total. The van der Waals surface area contributed by atoms with Gasteiger partial charge in [0.25, 0.3) is 5.56 Å². The molecule has 0 saturated carbocycles. The quantitative estimate of drug-likeness (QED) is 0.413. The summed E-state index contributed by atoms with van der Waals surface area (Å²) in [6.07, 6.45) is 6.95. The number of ether oxygens (including phenoxy) is 1. The molecule has 1 amide bonds. The number of carbonyl (C=O) groups is 1. The van der Waals surface area contributed by atoms with E-state index in [1.54, 1.807) is 22.0 Å². The molecule has 0 spiro atoms. The third-order valence-corrected chi connectivity index (χ3v) is 7.70. The molecule has 1 aliphatic carbocycles. The molecule has 156 valence electrons. The minimum Gasteiger partial charge on any atom is -0.376 e. The van der Waals surface area contributed by atoms with Gasteiger partial charge in [-0.3, -0.25) is 14.2 Å². The maximum absolute atomic E-state index is 13.2. The molecule has 0 unspecified atom stereocenters. The molecule has 3 heterocycles. The minimum absolute atomic E-state index is 0.00998. The van der Waals surface area contributed by atoms with Gasteiger partial charge in [0.1, 0.15) is 4.83 Å². The van der Waals surface area contributed by atoms with Gasteiger partial charge in [-0.2, -0.15) is 0 Å². The normalized spacial score (nSPS) is 21.3. The number of fused-ring (bicyclic) bond motifs is 3. The summed E-state index contributed by atoms with van der Waals surface area (Å²) in [4.78, 5) is 32.4. The number of allylic oxidation sites excluding steroid dienone is 1. The van der Waals surface area contributed by atoms with Crippen LogP contribution in [-0.2, 0) is 28.9 Å². The Morgan fingerprint density at radius 1 is 1.48 bits per heavy atom. The van der Waals surface area contributed by atoms with Gasteiger partial charge in [-0.05, 0) is 43.6 Å². The lowest BCUT2D eigenvalue weighted by molar-refractivity contribution is -0.119. The molecular weight excluding hydrogens is 406 g/mol. The van der Waals surface area contributed by atoms with Crippen molar-refractivity contribution in [3.8, 4) is 0 Å². The Bertz CT molecular complexity index is 976. The lowest BCUT2D eigenvalue weighted by Gasteiger charge is -2.17.